The first-order valence-electron chi connectivity index (χ1n) is 10.2. The van der Waals surface area contributed by atoms with Crippen LogP contribution in [-0.4, -0.2) is 42.5 Å². The van der Waals surface area contributed by atoms with Crippen molar-refractivity contribution < 1.29 is 4.79 Å². The average Bonchev–Trinajstić information content (AvgIpc) is 2.74. The summed E-state index contributed by atoms with van der Waals surface area (Å²) in [6, 6.07) is 15.2. The summed E-state index contributed by atoms with van der Waals surface area (Å²) in [6.45, 7) is 4.86. The lowest BCUT2D eigenvalue weighted by molar-refractivity contribution is 0.0763. The third-order valence-corrected chi connectivity index (χ3v) is 5.89. The lowest BCUT2D eigenvalue weighted by Gasteiger charge is -2.27. The van der Waals surface area contributed by atoms with Crippen LogP contribution in [0.2, 0.25) is 0 Å². The van der Waals surface area contributed by atoms with E-state index in [4.69, 9.17) is 0 Å². The molecule has 5 nitrogen and oxygen atoms in total. The fourth-order valence-electron chi connectivity index (χ4n) is 4.14. The van der Waals surface area contributed by atoms with Crippen LogP contribution in [-0.2, 0) is 0 Å². The van der Waals surface area contributed by atoms with E-state index in [0.29, 0.717) is 16.9 Å². The Hall–Kier alpha value is -2.92. The van der Waals surface area contributed by atoms with Crippen molar-refractivity contribution in [2.24, 2.45) is 5.92 Å². The molecule has 0 saturated carbocycles. The number of carbonyl (C=O) groups is 1. The number of hydrogen-bond donors (Lipinski definition) is 2. The van der Waals surface area contributed by atoms with Crippen molar-refractivity contribution in [3.63, 3.8) is 0 Å². The minimum atomic E-state index is -0.0944. The zero-order chi connectivity index (χ0) is 20.4. The number of aromatic amines is 1. The van der Waals surface area contributed by atoms with Crippen LogP contribution >= 0.6 is 0 Å². The molecule has 29 heavy (non-hydrogen) atoms. The van der Waals surface area contributed by atoms with E-state index in [9.17, 15) is 9.59 Å². The van der Waals surface area contributed by atoms with Crippen LogP contribution in [0, 0.1) is 12.8 Å². The van der Waals surface area contributed by atoms with E-state index in [1.54, 1.807) is 0 Å². The summed E-state index contributed by atoms with van der Waals surface area (Å²) in [6.07, 6.45) is 2.23. The molecule has 3 aromatic rings. The monoisotopic (exact) mass is 389 g/mol. The second-order valence-corrected chi connectivity index (χ2v) is 8.00. The van der Waals surface area contributed by atoms with E-state index in [1.165, 1.54) is 0 Å². The summed E-state index contributed by atoms with van der Waals surface area (Å²) >= 11 is 0. The molecule has 1 aromatic heterocycles. The predicted octanol–water partition coefficient (Wildman–Crippen LogP) is 3.58. The number of aromatic nitrogens is 1. The maximum atomic E-state index is 12.8. The molecular weight excluding hydrogens is 362 g/mol. The first-order valence-corrected chi connectivity index (χ1v) is 10.2. The van der Waals surface area contributed by atoms with Gasteiger partial charge in [-0.2, -0.15) is 0 Å². The molecule has 1 saturated heterocycles. The summed E-state index contributed by atoms with van der Waals surface area (Å²) in [4.78, 5) is 30.0. The molecule has 1 amide bonds. The molecule has 150 valence electrons. The highest BCUT2D eigenvalue weighted by atomic mass is 16.2. The quantitative estimate of drug-likeness (QED) is 0.717. The molecule has 4 rings (SSSR count). The summed E-state index contributed by atoms with van der Waals surface area (Å²) in [5, 5.41) is 5.01. The number of rotatable bonds is 4. The fraction of sp³-hybridized carbons (Fsp3) is 0.333. The SMILES string of the molecule is Cc1cccc2c(=O)[nH]c(-c3ccc(C(=O)N(C)CC4CCNCC4)cc3)cc12. The van der Waals surface area contributed by atoms with E-state index < -0.39 is 0 Å². The molecule has 0 bridgehead atoms. The number of aryl methyl sites for hydroxylation is 1. The van der Waals surface area contributed by atoms with Crippen molar-refractivity contribution in [1.29, 1.82) is 0 Å². The molecule has 0 atom stereocenters. The van der Waals surface area contributed by atoms with Crippen molar-refractivity contribution in [1.82, 2.24) is 15.2 Å². The van der Waals surface area contributed by atoms with Gasteiger partial charge < -0.3 is 15.2 Å². The molecule has 1 fully saturated rings. The van der Waals surface area contributed by atoms with Gasteiger partial charge in [0.1, 0.15) is 0 Å². The van der Waals surface area contributed by atoms with Crippen LogP contribution in [0.5, 0.6) is 0 Å². The van der Waals surface area contributed by atoms with Crippen LogP contribution in [0.15, 0.2) is 53.3 Å². The summed E-state index contributed by atoms with van der Waals surface area (Å²) in [5.74, 6) is 0.605. The Morgan fingerprint density at radius 3 is 2.52 bits per heavy atom. The van der Waals surface area contributed by atoms with Gasteiger partial charge in [-0.3, -0.25) is 9.59 Å². The normalized spacial score (nSPS) is 14.8. The lowest BCUT2D eigenvalue weighted by atomic mass is 9.97. The Kier molecular flexibility index (Phi) is 5.49. The zero-order valence-electron chi connectivity index (χ0n) is 17.0. The van der Waals surface area contributed by atoms with Crippen LogP contribution in [0.3, 0.4) is 0 Å². The van der Waals surface area contributed by atoms with Crippen LogP contribution < -0.4 is 10.9 Å². The molecule has 0 radical (unpaired) electrons. The number of carbonyl (C=O) groups excluding carboxylic acids is 1. The van der Waals surface area contributed by atoms with Gasteiger partial charge in [0.2, 0.25) is 0 Å². The van der Waals surface area contributed by atoms with E-state index in [-0.39, 0.29) is 11.5 Å². The van der Waals surface area contributed by atoms with Crippen molar-refractivity contribution >= 4 is 16.7 Å². The maximum absolute atomic E-state index is 12.8. The number of nitrogens with zero attached hydrogens (tertiary/aromatic N) is 1. The topological polar surface area (TPSA) is 65.2 Å². The van der Waals surface area contributed by atoms with Crippen molar-refractivity contribution in [2.45, 2.75) is 19.8 Å². The smallest absolute Gasteiger partial charge is 0.256 e. The molecule has 0 spiro atoms. The number of H-pyrrole nitrogens is 1. The molecule has 0 unspecified atom stereocenters. The van der Waals surface area contributed by atoms with Gasteiger partial charge in [0, 0.05) is 30.2 Å². The van der Waals surface area contributed by atoms with Crippen molar-refractivity contribution in [3.8, 4) is 11.3 Å². The van der Waals surface area contributed by atoms with Gasteiger partial charge >= 0.3 is 0 Å². The lowest BCUT2D eigenvalue weighted by Crippen LogP contribution is -2.37. The van der Waals surface area contributed by atoms with Gasteiger partial charge in [-0.15, -0.1) is 0 Å². The molecule has 5 heteroatoms. The number of amides is 1. The maximum Gasteiger partial charge on any atom is 0.256 e. The minimum Gasteiger partial charge on any atom is -0.341 e. The van der Waals surface area contributed by atoms with E-state index in [0.717, 1.165) is 54.7 Å². The van der Waals surface area contributed by atoms with Gasteiger partial charge in [0.15, 0.2) is 0 Å². The second kappa shape index (κ2) is 8.21. The number of hydrogen-bond acceptors (Lipinski definition) is 3. The highest BCUT2D eigenvalue weighted by Crippen LogP contribution is 2.23. The van der Waals surface area contributed by atoms with Crippen LogP contribution in [0.25, 0.3) is 22.0 Å². The molecule has 0 aliphatic carbocycles. The molecule has 2 heterocycles. The Morgan fingerprint density at radius 2 is 1.79 bits per heavy atom. The summed E-state index contributed by atoms with van der Waals surface area (Å²) in [7, 11) is 1.88. The van der Waals surface area contributed by atoms with Crippen LogP contribution in [0.4, 0.5) is 0 Å². The molecule has 2 aromatic carbocycles. The number of nitrogens with one attached hydrogen (secondary N) is 2. The van der Waals surface area contributed by atoms with Gasteiger partial charge in [0.25, 0.3) is 11.5 Å². The third kappa shape index (κ3) is 4.10. The number of piperidine rings is 1. The average molecular weight is 389 g/mol. The number of pyridine rings is 1. The third-order valence-electron chi connectivity index (χ3n) is 5.89. The first-order chi connectivity index (χ1) is 14.0. The van der Waals surface area contributed by atoms with E-state index in [2.05, 4.69) is 10.3 Å². The molecular formula is C24H27N3O2. The Labute approximate surface area is 170 Å². The summed E-state index contributed by atoms with van der Waals surface area (Å²) in [5.41, 5.74) is 3.30. The standard InChI is InChI=1S/C24H27N3O2/c1-16-4-3-5-20-21(16)14-22(26-23(20)28)18-6-8-19(9-7-18)24(29)27(2)15-17-10-12-25-13-11-17/h3-9,14,17,25H,10-13,15H2,1-2H3,(H,26,28). The Balaban J connectivity index is 1.54. The number of fused-ring (bicyclic) bond motifs is 1. The van der Waals surface area contributed by atoms with E-state index >= 15 is 0 Å². The first kappa shape index (κ1) is 19.4. The van der Waals surface area contributed by atoms with Crippen molar-refractivity contribution in [3.05, 3.63) is 70.0 Å². The fourth-order valence-corrected chi connectivity index (χ4v) is 4.14. The van der Waals surface area contributed by atoms with Gasteiger partial charge in [0.05, 0.1) is 0 Å². The van der Waals surface area contributed by atoms with E-state index in [1.807, 2.05) is 67.4 Å². The van der Waals surface area contributed by atoms with Gasteiger partial charge in [-0.25, -0.2) is 0 Å². The molecule has 1 aliphatic rings. The largest absolute Gasteiger partial charge is 0.341 e. The summed E-state index contributed by atoms with van der Waals surface area (Å²) < 4.78 is 0. The Morgan fingerprint density at radius 1 is 1.07 bits per heavy atom. The molecule has 2 N–H and O–H groups in total. The van der Waals surface area contributed by atoms with Gasteiger partial charge in [-0.05, 0) is 79.6 Å². The highest BCUT2D eigenvalue weighted by molar-refractivity contribution is 5.94. The highest BCUT2D eigenvalue weighted by Gasteiger charge is 2.19. The second-order valence-electron chi connectivity index (χ2n) is 8.00. The van der Waals surface area contributed by atoms with Crippen LogP contribution in [0.1, 0.15) is 28.8 Å². The Bertz CT molecular complexity index is 1080. The predicted molar refractivity (Wildman–Crippen MR) is 117 cm³/mol. The van der Waals surface area contributed by atoms with Crippen molar-refractivity contribution in [2.75, 3.05) is 26.7 Å². The zero-order valence-corrected chi connectivity index (χ0v) is 17.0. The minimum absolute atomic E-state index is 0.0398. The van der Waals surface area contributed by atoms with Gasteiger partial charge in [-0.1, -0.05) is 24.3 Å². The molecule has 1 aliphatic heterocycles. The number of benzene rings is 2.